The second kappa shape index (κ2) is 19.4. The molecule has 0 aromatic heterocycles. The van der Waals surface area contributed by atoms with Crippen molar-refractivity contribution >= 4 is 74.9 Å². The molecule has 12 heteroatoms. The average Bonchev–Trinajstić information content (AvgIpc) is 3.62. The quantitative estimate of drug-likeness (QED) is 0.223. The van der Waals surface area contributed by atoms with Crippen molar-refractivity contribution in [1.82, 2.24) is 9.80 Å². The highest BCUT2D eigenvalue weighted by Crippen LogP contribution is 2.45. The molecule has 0 spiro atoms. The first-order valence-electron chi connectivity index (χ1n) is 22.9. The van der Waals surface area contributed by atoms with E-state index in [1.165, 1.54) is 0 Å². The third-order valence-corrected chi connectivity index (χ3v) is 26.2. The Labute approximate surface area is 391 Å². The van der Waals surface area contributed by atoms with Crippen LogP contribution in [0.4, 0.5) is 0 Å². The minimum absolute atomic E-state index is 0.234. The predicted octanol–water partition coefficient (Wildman–Crippen LogP) is 14.5. The fourth-order valence-corrected chi connectivity index (χ4v) is 13.1. The van der Waals surface area contributed by atoms with Crippen LogP contribution in [0.1, 0.15) is 136 Å². The Hall–Kier alpha value is -1.11. The number of benzene rings is 2. The summed E-state index contributed by atoms with van der Waals surface area (Å²) in [5.74, 6) is 0.562. The van der Waals surface area contributed by atoms with Crippen molar-refractivity contribution in [3.8, 4) is 0 Å². The van der Waals surface area contributed by atoms with Gasteiger partial charge in [0, 0.05) is 57.5 Å². The molecule has 2 aliphatic heterocycles. The van der Waals surface area contributed by atoms with E-state index in [9.17, 15) is 9.59 Å². The maximum atomic E-state index is 13.5. The molecule has 0 radical (unpaired) electrons. The Morgan fingerprint density at radius 1 is 0.623 bits per heavy atom. The SMILES string of the molecule is CC1(Cc2ccc(Cl)cc2Cl)CCN(C2CCC(O[Si](C)(C)C(C)(C)C)CC2)C1=O.Cc1c(Cl)ccc(CC2(C)CCN(C3CCC(O[Si](C)(C)C(C)(C)C)CC3)C2=O)c1Cl. The van der Waals surface area contributed by atoms with Crippen molar-refractivity contribution in [2.45, 2.75) is 200 Å². The summed E-state index contributed by atoms with van der Waals surface area (Å²) in [6.07, 6.45) is 12.2. The van der Waals surface area contributed by atoms with E-state index in [1.807, 2.05) is 31.2 Å². The molecule has 2 atom stereocenters. The molecule has 6 nitrogen and oxygen atoms in total. The average molecular weight is 955 g/mol. The molecule has 6 rings (SSSR count). The van der Waals surface area contributed by atoms with E-state index in [4.69, 9.17) is 55.3 Å². The first-order valence-corrected chi connectivity index (χ1v) is 30.3. The third kappa shape index (κ3) is 11.8. The summed E-state index contributed by atoms with van der Waals surface area (Å²) >= 11 is 25.2. The van der Waals surface area contributed by atoms with Crippen molar-refractivity contribution in [3.05, 3.63) is 67.1 Å². The number of carbonyl (C=O) groups excluding carboxylic acids is 2. The molecule has 2 aromatic carbocycles. The van der Waals surface area contributed by atoms with Crippen LogP contribution in [-0.4, -0.2) is 75.6 Å². The van der Waals surface area contributed by atoms with Gasteiger partial charge < -0.3 is 18.7 Å². The first kappa shape index (κ1) is 50.9. The molecular weight excluding hydrogens is 879 g/mol. The van der Waals surface area contributed by atoms with Crippen LogP contribution < -0.4 is 0 Å². The number of hydrogen-bond acceptors (Lipinski definition) is 4. The Bertz CT molecular complexity index is 1880. The van der Waals surface area contributed by atoms with Crippen molar-refractivity contribution in [2.24, 2.45) is 10.8 Å². The molecule has 2 saturated carbocycles. The highest BCUT2D eigenvalue weighted by atomic mass is 35.5. The largest absolute Gasteiger partial charge is 0.414 e. The monoisotopic (exact) mass is 952 g/mol. The fraction of sp³-hybridized carbons (Fsp3) is 0.714. The summed E-state index contributed by atoms with van der Waals surface area (Å²) in [5, 5.41) is 3.12. The first-order chi connectivity index (χ1) is 28.1. The summed E-state index contributed by atoms with van der Waals surface area (Å²) in [7, 11) is -3.48. The molecule has 2 aliphatic carbocycles. The highest BCUT2D eigenvalue weighted by Gasteiger charge is 2.48. The number of hydrogen-bond donors (Lipinski definition) is 0. The molecule has 0 N–H and O–H groups in total. The zero-order valence-corrected chi connectivity index (χ0v) is 44.7. The molecule has 4 aliphatic rings. The topological polar surface area (TPSA) is 59.1 Å². The highest BCUT2D eigenvalue weighted by molar-refractivity contribution is 6.74. The predicted molar refractivity (Wildman–Crippen MR) is 263 cm³/mol. The van der Waals surface area contributed by atoms with Crippen LogP contribution in [-0.2, 0) is 31.3 Å². The Morgan fingerprint density at radius 3 is 1.41 bits per heavy atom. The lowest BCUT2D eigenvalue weighted by molar-refractivity contribution is -0.138. The molecule has 4 fully saturated rings. The van der Waals surface area contributed by atoms with Crippen molar-refractivity contribution in [1.29, 1.82) is 0 Å². The zero-order valence-electron chi connectivity index (χ0n) is 39.6. The van der Waals surface area contributed by atoms with E-state index >= 15 is 0 Å². The van der Waals surface area contributed by atoms with Crippen LogP contribution in [0, 0.1) is 17.8 Å². The van der Waals surface area contributed by atoms with Gasteiger partial charge >= 0.3 is 0 Å². The van der Waals surface area contributed by atoms with Gasteiger partial charge in [0.05, 0.1) is 10.8 Å². The van der Waals surface area contributed by atoms with Gasteiger partial charge in [-0.1, -0.05) is 114 Å². The van der Waals surface area contributed by atoms with Crippen LogP contribution in [0.2, 0.25) is 56.4 Å². The Kier molecular flexibility index (Phi) is 16.2. The van der Waals surface area contributed by atoms with E-state index in [2.05, 4.69) is 91.4 Å². The molecule has 342 valence electrons. The summed E-state index contributed by atoms with van der Waals surface area (Å²) < 4.78 is 13.3. The smallest absolute Gasteiger partial charge is 0.229 e. The fourth-order valence-electron chi connectivity index (χ4n) is 9.37. The lowest BCUT2D eigenvalue weighted by Crippen LogP contribution is -2.47. The van der Waals surface area contributed by atoms with Gasteiger partial charge in [0.25, 0.3) is 0 Å². The number of likely N-dealkylation sites (tertiary alicyclic amines) is 2. The number of halogens is 4. The Balaban J connectivity index is 0.000000231. The van der Waals surface area contributed by atoms with Crippen LogP contribution in [0.3, 0.4) is 0 Å². The Morgan fingerprint density at radius 2 is 1.02 bits per heavy atom. The molecule has 0 bridgehead atoms. The van der Waals surface area contributed by atoms with Crippen molar-refractivity contribution < 1.29 is 18.4 Å². The van der Waals surface area contributed by atoms with Crippen molar-refractivity contribution in [3.63, 3.8) is 0 Å². The molecule has 2 unspecified atom stereocenters. The maximum absolute atomic E-state index is 13.5. The molecule has 2 aromatic rings. The van der Waals surface area contributed by atoms with Gasteiger partial charge in [0.2, 0.25) is 11.8 Å². The van der Waals surface area contributed by atoms with E-state index in [-0.39, 0.29) is 27.3 Å². The van der Waals surface area contributed by atoms with Gasteiger partial charge in [-0.05, 0) is 155 Å². The summed E-state index contributed by atoms with van der Waals surface area (Å²) in [6.45, 7) is 30.9. The number of rotatable bonds is 10. The molecular formula is C49H76Cl4N2O4Si2. The van der Waals surface area contributed by atoms with Gasteiger partial charge in [-0.25, -0.2) is 0 Å². The van der Waals surface area contributed by atoms with Gasteiger partial charge in [0.15, 0.2) is 16.6 Å². The summed E-state index contributed by atoms with van der Waals surface area (Å²) in [6, 6.07) is 10.1. The van der Waals surface area contributed by atoms with Crippen LogP contribution in [0.15, 0.2) is 30.3 Å². The normalized spacial score (nSPS) is 28.0. The van der Waals surface area contributed by atoms with E-state index in [0.717, 1.165) is 94.0 Å². The summed E-state index contributed by atoms with van der Waals surface area (Å²) in [5.41, 5.74) is 2.15. The lowest BCUT2D eigenvalue weighted by Gasteiger charge is -2.42. The molecule has 2 heterocycles. The number of amides is 2. The van der Waals surface area contributed by atoms with Gasteiger partial charge in [0.1, 0.15) is 0 Å². The van der Waals surface area contributed by atoms with Crippen LogP contribution in [0.5, 0.6) is 0 Å². The minimum Gasteiger partial charge on any atom is -0.414 e. The molecule has 61 heavy (non-hydrogen) atoms. The van der Waals surface area contributed by atoms with E-state index in [0.29, 0.717) is 57.2 Å². The summed E-state index contributed by atoms with van der Waals surface area (Å²) in [4.78, 5) is 31.1. The van der Waals surface area contributed by atoms with E-state index < -0.39 is 22.0 Å². The van der Waals surface area contributed by atoms with E-state index in [1.54, 1.807) is 6.07 Å². The van der Waals surface area contributed by atoms with Gasteiger partial charge in [-0.3, -0.25) is 9.59 Å². The van der Waals surface area contributed by atoms with Crippen LogP contribution in [0.25, 0.3) is 0 Å². The number of carbonyl (C=O) groups is 2. The number of nitrogens with zero attached hydrogens (tertiary/aromatic N) is 2. The minimum atomic E-state index is -1.74. The standard InChI is InChI=1S/C25H39Cl2NO2Si.C24H37Cl2NO2Si/c1-17-21(26)13-8-18(22(17)27)16-25(5)14-15-28(23(25)29)19-9-11-20(12-10-19)30-31(6,7)24(2,3)4;1-23(2,3)30(5,6)29-20-11-9-19(10-12-20)27-14-13-24(4,22(27)28)16-17-7-8-18(25)15-21(17)26/h8,13,19-20H,9-12,14-16H2,1-7H3;7-8,15,19-20H,9-14,16H2,1-6H3. The zero-order chi connectivity index (χ0) is 45.5. The van der Waals surface area contributed by atoms with Gasteiger partial charge in [-0.15, -0.1) is 0 Å². The lowest BCUT2D eigenvalue weighted by atomic mass is 9.81. The third-order valence-electron chi connectivity index (χ3n) is 15.6. The van der Waals surface area contributed by atoms with Crippen molar-refractivity contribution in [2.75, 3.05) is 13.1 Å². The molecule has 2 saturated heterocycles. The van der Waals surface area contributed by atoms with Gasteiger partial charge in [-0.2, -0.15) is 0 Å². The van der Waals surface area contributed by atoms with Crippen LogP contribution >= 0.6 is 46.4 Å². The second-order valence-electron chi connectivity index (χ2n) is 22.5. The second-order valence-corrected chi connectivity index (χ2v) is 33.6. The maximum Gasteiger partial charge on any atom is 0.229 e. The molecule has 2 amide bonds.